The molecule has 27 heavy (non-hydrogen) atoms. The summed E-state index contributed by atoms with van der Waals surface area (Å²) in [6, 6.07) is 1.56. The summed E-state index contributed by atoms with van der Waals surface area (Å²) in [4.78, 5) is 38.2. The lowest BCUT2D eigenvalue weighted by atomic mass is 9.64. The average molecular weight is 386 g/mol. The van der Waals surface area contributed by atoms with Crippen LogP contribution in [-0.4, -0.2) is 31.1 Å². The topological polar surface area (TPSA) is 104 Å². The predicted molar refractivity (Wildman–Crippen MR) is 99.5 cm³/mol. The second kappa shape index (κ2) is 6.88. The minimum Gasteiger partial charge on any atom is -0.401 e. The van der Waals surface area contributed by atoms with E-state index in [1.807, 2.05) is 0 Å². The van der Waals surface area contributed by atoms with E-state index in [-0.39, 0.29) is 22.5 Å². The lowest BCUT2D eigenvalue weighted by Crippen LogP contribution is -2.42. The molecular weight excluding hydrogens is 366 g/mol. The molecular formula is C19H20ClN5O2. The monoisotopic (exact) mass is 385 g/mol. The van der Waals surface area contributed by atoms with Crippen LogP contribution in [0.15, 0.2) is 36.1 Å². The van der Waals surface area contributed by atoms with Crippen LogP contribution in [0.1, 0.15) is 55.6 Å². The summed E-state index contributed by atoms with van der Waals surface area (Å²) in [7, 11) is 0. The third-order valence-corrected chi connectivity index (χ3v) is 5.78. The summed E-state index contributed by atoms with van der Waals surface area (Å²) in [5.41, 5.74) is 6.60. The maximum Gasteiger partial charge on any atom is 0.228 e. The third kappa shape index (κ3) is 3.06. The van der Waals surface area contributed by atoms with Gasteiger partial charge in [-0.15, -0.1) is 0 Å². The average Bonchev–Trinajstić information content (AvgIpc) is 3.20. The predicted octanol–water partition coefficient (Wildman–Crippen LogP) is 3.02. The van der Waals surface area contributed by atoms with Gasteiger partial charge < -0.3 is 5.73 Å². The number of hydrogen-bond donors (Lipinski definition) is 1. The molecule has 2 aliphatic carbocycles. The smallest absolute Gasteiger partial charge is 0.228 e. The van der Waals surface area contributed by atoms with Gasteiger partial charge in [0.15, 0.2) is 0 Å². The largest absolute Gasteiger partial charge is 0.401 e. The van der Waals surface area contributed by atoms with Crippen LogP contribution in [0.25, 0.3) is 5.82 Å². The van der Waals surface area contributed by atoms with Crippen molar-refractivity contribution in [2.24, 2.45) is 11.1 Å². The number of ketones is 2. The van der Waals surface area contributed by atoms with Crippen LogP contribution in [0.5, 0.6) is 0 Å². The lowest BCUT2D eigenvalue weighted by Gasteiger charge is -2.40. The third-order valence-electron chi connectivity index (χ3n) is 5.59. The Balaban J connectivity index is 1.75. The molecule has 4 rings (SSSR count). The minimum atomic E-state index is -0.687. The van der Waals surface area contributed by atoms with Crippen molar-refractivity contribution in [3.8, 4) is 5.82 Å². The molecule has 2 aromatic heterocycles. The number of nitrogens with zero attached hydrogens (tertiary/aromatic N) is 4. The Hall–Kier alpha value is -2.54. The number of aromatic nitrogens is 4. The van der Waals surface area contributed by atoms with Gasteiger partial charge in [0, 0.05) is 36.2 Å². The first-order chi connectivity index (χ1) is 13.0. The number of carbonyl (C=O) groups excluding carboxylic acids is 2. The van der Waals surface area contributed by atoms with Crippen LogP contribution >= 0.6 is 11.6 Å². The van der Waals surface area contributed by atoms with Crippen molar-refractivity contribution in [3.63, 3.8) is 0 Å². The van der Waals surface area contributed by atoms with Gasteiger partial charge >= 0.3 is 0 Å². The standard InChI is InChI=1S/C19H20ClN5O2/c20-14-10-15(25-9-8-22-11-25)24-18(23-14)16(27)12-4-3-7-19(17(12)21)6-2-1-5-13(19)26/h8-11H,1-7,21H2/t19-/m1/s1. The van der Waals surface area contributed by atoms with Crippen LogP contribution in [0, 0.1) is 5.41 Å². The summed E-state index contributed by atoms with van der Waals surface area (Å²) in [6.07, 6.45) is 9.95. The summed E-state index contributed by atoms with van der Waals surface area (Å²) < 4.78 is 1.65. The fourth-order valence-corrected chi connectivity index (χ4v) is 4.35. The molecule has 1 spiro atoms. The van der Waals surface area contributed by atoms with Crippen molar-refractivity contribution in [2.75, 3.05) is 0 Å². The maximum absolute atomic E-state index is 13.2. The lowest BCUT2D eigenvalue weighted by molar-refractivity contribution is -0.129. The van der Waals surface area contributed by atoms with Gasteiger partial charge in [0.25, 0.3) is 0 Å². The molecule has 2 N–H and O–H groups in total. The number of carbonyl (C=O) groups is 2. The van der Waals surface area contributed by atoms with Crippen molar-refractivity contribution in [3.05, 3.63) is 47.0 Å². The number of Topliss-reactive ketones (excluding diaryl/α,β-unsaturated/α-hetero) is 2. The molecule has 2 heterocycles. The summed E-state index contributed by atoms with van der Waals surface area (Å²) >= 11 is 6.11. The molecule has 0 saturated heterocycles. The van der Waals surface area contributed by atoms with Gasteiger partial charge in [0.1, 0.15) is 23.1 Å². The van der Waals surface area contributed by atoms with Gasteiger partial charge in [-0.2, -0.15) is 0 Å². The normalized spacial score (nSPS) is 23.1. The van der Waals surface area contributed by atoms with Crippen molar-refractivity contribution in [1.29, 1.82) is 0 Å². The van der Waals surface area contributed by atoms with Gasteiger partial charge in [-0.1, -0.05) is 18.0 Å². The molecule has 0 radical (unpaired) electrons. The van der Waals surface area contributed by atoms with Gasteiger partial charge in [-0.25, -0.2) is 15.0 Å². The van der Waals surface area contributed by atoms with E-state index in [4.69, 9.17) is 17.3 Å². The minimum absolute atomic E-state index is 0.00976. The van der Waals surface area contributed by atoms with Gasteiger partial charge in [-0.3, -0.25) is 14.2 Å². The Bertz CT molecular complexity index is 938. The highest BCUT2D eigenvalue weighted by Gasteiger charge is 2.45. The zero-order chi connectivity index (χ0) is 19.0. The quantitative estimate of drug-likeness (QED) is 0.643. The maximum atomic E-state index is 13.2. The van der Waals surface area contributed by atoms with E-state index in [1.165, 1.54) is 0 Å². The number of allylic oxidation sites excluding steroid dienone is 2. The van der Waals surface area contributed by atoms with E-state index >= 15 is 0 Å². The van der Waals surface area contributed by atoms with E-state index in [0.29, 0.717) is 42.8 Å². The van der Waals surface area contributed by atoms with E-state index in [2.05, 4.69) is 15.0 Å². The molecule has 1 atom stereocenters. The molecule has 0 aromatic carbocycles. The van der Waals surface area contributed by atoms with Crippen LogP contribution < -0.4 is 5.73 Å². The Kier molecular flexibility index (Phi) is 4.55. The van der Waals surface area contributed by atoms with Gasteiger partial charge in [0.2, 0.25) is 11.6 Å². The fraction of sp³-hybridized carbons (Fsp3) is 0.421. The Morgan fingerprint density at radius 1 is 1.19 bits per heavy atom. The number of nitrogens with two attached hydrogens (primary N) is 1. The Labute approximate surface area is 161 Å². The molecule has 2 aliphatic rings. The first-order valence-electron chi connectivity index (χ1n) is 9.11. The molecule has 1 fully saturated rings. The van der Waals surface area contributed by atoms with Gasteiger partial charge in [0.05, 0.1) is 5.41 Å². The zero-order valence-electron chi connectivity index (χ0n) is 14.8. The zero-order valence-corrected chi connectivity index (χ0v) is 15.6. The van der Waals surface area contributed by atoms with E-state index in [9.17, 15) is 9.59 Å². The van der Waals surface area contributed by atoms with E-state index in [0.717, 1.165) is 19.3 Å². The fourth-order valence-electron chi connectivity index (χ4n) is 4.17. The van der Waals surface area contributed by atoms with Crippen LogP contribution in [0.4, 0.5) is 0 Å². The molecule has 1 saturated carbocycles. The summed E-state index contributed by atoms with van der Waals surface area (Å²) in [5, 5.41) is 0.162. The Morgan fingerprint density at radius 3 is 2.74 bits per heavy atom. The molecule has 0 aliphatic heterocycles. The highest BCUT2D eigenvalue weighted by molar-refractivity contribution is 6.29. The number of hydrogen-bond acceptors (Lipinski definition) is 6. The molecule has 0 amide bonds. The van der Waals surface area contributed by atoms with Gasteiger partial charge in [-0.05, 0) is 32.1 Å². The molecule has 7 nitrogen and oxygen atoms in total. The van der Waals surface area contributed by atoms with E-state index in [1.54, 1.807) is 29.4 Å². The van der Waals surface area contributed by atoms with Crippen molar-refractivity contribution < 1.29 is 9.59 Å². The van der Waals surface area contributed by atoms with Crippen LogP contribution in [0.2, 0.25) is 5.15 Å². The highest BCUT2D eigenvalue weighted by atomic mass is 35.5. The molecule has 2 aromatic rings. The number of rotatable bonds is 3. The molecule has 0 bridgehead atoms. The molecule has 140 valence electrons. The second-order valence-corrected chi connectivity index (χ2v) is 7.52. The van der Waals surface area contributed by atoms with Crippen LogP contribution in [-0.2, 0) is 4.79 Å². The first kappa shape index (κ1) is 17.9. The summed E-state index contributed by atoms with van der Waals surface area (Å²) in [6.45, 7) is 0. The SMILES string of the molecule is NC1=C(C(=O)c2nc(Cl)cc(-n3ccnc3)n2)CCC[C@@]12CCCCC2=O. The van der Waals surface area contributed by atoms with Crippen molar-refractivity contribution in [1.82, 2.24) is 19.5 Å². The van der Waals surface area contributed by atoms with Crippen molar-refractivity contribution in [2.45, 2.75) is 44.9 Å². The number of halogens is 1. The van der Waals surface area contributed by atoms with E-state index < -0.39 is 5.41 Å². The Morgan fingerprint density at radius 2 is 2.00 bits per heavy atom. The van der Waals surface area contributed by atoms with Crippen LogP contribution in [0.3, 0.4) is 0 Å². The number of imidazole rings is 1. The molecule has 0 unspecified atom stereocenters. The van der Waals surface area contributed by atoms with Crippen molar-refractivity contribution >= 4 is 23.2 Å². The summed E-state index contributed by atoms with van der Waals surface area (Å²) in [5.74, 6) is 0.245. The highest BCUT2D eigenvalue weighted by Crippen LogP contribution is 2.47. The second-order valence-electron chi connectivity index (χ2n) is 7.13. The molecule has 8 heteroatoms. The first-order valence-corrected chi connectivity index (χ1v) is 9.49.